The topological polar surface area (TPSA) is 47.8 Å². The molecule has 0 N–H and O–H groups in total. The Balaban J connectivity index is 2.60. The zero-order chi connectivity index (χ0) is 12.4. The first kappa shape index (κ1) is 11.5. The zero-order valence-electron chi connectivity index (χ0n) is 10.2. The number of para-hydroxylation sites is 1. The third-order valence-electron chi connectivity index (χ3n) is 2.59. The summed E-state index contributed by atoms with van der Waals surface area (Å²) >= 11 is 0. The fraction of sp³-hybridized carbons (Fsp3) is 0.308. The minimum Gasteiger partial charge on any atom is -0.293 e. The summed E-state index contributed by atoms with van der Waals surface area (Å²) < 4.78 is 1.74. The molecule has 0 amide bonds. The van der Waals surface area contributed by atoms with Crippen molar-refractivity contribution < 1.29 is 4.79 Å². The van der Waals surface area contributed by atoms with Crippen molar-refractivity contribution in [3.8, 4) is 5.69 Å². The van der Waals surface area contributed by atoms with Crippen LogP contribution in [0.4, 0.5) is 0 Å². The van der Waals surface area contributed by atoms with Crippen molar-refractivity contribution in [3.63, 3.8) is 0 Å². The van der Waals surface area contributed by atoms with Crippen LogP contribution < -0.4 is 0 Å². The SMILES string of the molecule is CC(=O)c1nnn(-c2ccccc2)c1C(C)C. The standard InChI is InChI=1S/C13H15N3O/c1-9(2)13-12(10(3)17)14-15-16(13)11-7-5-4-6-8-11/h4-9H,1-3H3. The van der Waals surface area contributed by atoms with Gasteiger partial charge in [-0.1, -0.05) is 37.3 Å². The summed E-state index contributed by atoms with van der Waals surface area (Å²) in [6.45, 7) is 5.58. The average Bonchev–Trinajstić information content (AvgIpc) is 2.74. The van der Waals surface area contributed by atoms with Crippen LogP contribution in [-0.4, -0.2) is 20.8 Å². The molecule has 4 heteroatoms. The summed E-state index contributed by atoms with van der Waals surface area (Å²) in [4.78, 5) is 11.5. The number of benzene rings is 1. The first-order valence-corrected chi connectivity index (χ1v) is 5.63. The molecule has 2 rings (SSSR count). The fourth-order valence-electron chi connectivity index (χ4n) is 1.82. The molecular weight excluding hydrogens is 214 g/mol. The van der Waals surface area contributed by atoms with E-state index in [1.165, 1.54) is 6.92 Å². The Labute approximate surface area is 100 Å². The number of Topliss-reactive ketones (excluding diaryl/α,β-unsaturated/α-hetero) is 1. The lowest BCUT2D eigenvalue weighted by Crippen LogP contribution is -2.07. The third kappa shape index (κ3) is 2.11. The van der Waals surface area contributed by atoms with Crippen molar-refractivity contribution in [2.75, 3.05) is 0 Å². The molecule has 4 nitrogen and oxygen atoms in total. The molecule has 0 aliphatic rings. The lowest BCUT2D eigenvalue weighted by molar-refractivity contribution is 0.101. The number of ketones is 1. The second-order valence-electron chi connectivity index (χ2n) is 4.28. The number of aromatic nitrogens is 3. The van der Waals surface area contributed by atoms with Crippen LogP contribution in [0.25, 0.3) is 5.69 Å². The van der Waals surface area contributed by atoms with E-state index in [1.54, 1.807) is 4.68 Å². The van der Waals surface area contributed by atoms with Crippen LogP contribution in [0.15, 0.2) is 30.3 Å². The Bertz CT molecular complexity index is 529. The van der Waals surface area contributed by atoms with Crippen molar-refractivity contribution in [2.24, 2.45) is 0 Å². The maximum Gasteiger partial charge on any atom is 0.181 e. The molecule has 0 bridgehead atoms. The second kappa shape index (κ2) is 4.49. The first-order valence-electron chi connectivity index (χ1n) is 5.63. The van der Waals surface area contributed by atoms with Crippen LogP contribution >= 0.6 is 0 Å². The molecule has 0 aliphatic carbocycles. The number of hydrogen-bond donors (Lipinski definition) is 0. The molecule has 0 spiro atoms. The van der Waals surface area contributed by atoms with Crippen LogP contribution in [0.3, 0.4) is 0 Å². The summed E-state index contributed by atoms with van der Waals surface area (Å²) in [6.07, 6.45) is 0. The van der Waals surface area contributed by atoms with E-state index in [0.29, 0.717) is 5.69 Å². The molecule has 0 saturated carbocycles. The second-order valence-corrected chi connectivity index (χ2v) is 4.28. The maximum absolute atomic E-state index is 11.5. The predicted molar refractivity (Wildman–Crippen MR) is 65.5 cm³/mol. The highest BCUT2D eigenvalue weighted by Gasteiger charge is 2.19. The Morgan fingerprint density at radius 2 is 1.88 bits per heavy atom. The molecule has 0 fully saturated rings. The van der Waals surface area contributed by atoms with Gasteiger partial charge >= 0.3 is 0 Å². The van der Waals surface area contributed by atoms with Gasteiger partial charge in [0.05, 0.1) is 11.4 Å². The first-order chi connectivity index (χ1) is 8.11. The van der Waals surface area contributed by atoms with Crippen molar-refractivity contribution in [1.29, 1.82) is 0 Å². The monoisotopic (exact) mass is 229 g/mol. The van der Waals surface area contributed by atoms with E-state index < -0.39 is 0 Å². The molecule has 1 aromatic carbocycles. The van der Waals surface area contributed by atoms with Gasteiger partial charge in [-0.25, -0.2) is 4.68 Å². The van der Waals surface area contributed by atoms with E-state index in [1.807, 2.05) is 44.2 Å². The summed E-state index contributed by atoms with van der Waals surface area (Å²) in [5, 5.41) is 8.05. The molecule has 0 saturated heterocycles. The molecule has 0 radical (unpaired) electrons. The van der Waals surface area contributed by atoms with Crippen molar-refractivity contribution in [1.82, 2.24) is 15.0 Å². The predicted octanol–water partition coefficient (Wildman–Crippen LogP) is 2.59. The van der Waals surface area contributed by atoms with Gasteiger partial charge in [-0.2, -0.15) is 0 Å². The number of hydrogen-bond acceptors (Lipinski definition) is 3. The highest BCUT2D eigenvalue weighted by Crippen LogP contribution is 2.21. The number of nitrogens with zero attached hydrogens (tertiary/aromatic N) is 3. The van der Waals surface area contributed by atoms with Crippen LogP contribution in [0, 0.1) is 0 Å². The highest BCUT2D eigenvalue weighted by molar-refractivity contribution is 5.93. The van der Waals surface area contributed by atoms with E-state index in [4.69, 9.17) is 0 Å². The minimum atomic E-state index is -0.0455. The van der Waals surface area contributed by atoms with E-state index in [9.17, 15) is 4.79 Å². The lowest BCUT2D eigenvalue weighted by atomic mass is 10.1. The maximum atomic E-state index is 11.5. The van der Waals surface area contributed by atoms with Gasteiger partial charge in [0.25, 0.3) is 0 Å². The molecule has 88 valence electrons. The number of rotatable bonds is 3. The Kier molecular flexibility index (Phi) is 3.04. The van der Waals surface area contributed by atoms with Crippen LogP contribution in [0.2, 0.25) is 0 Å². The van der Waals surface area contributed by atoms with Gasteiger partial charge < -0.3 is 0 Å². The van der Waals surface area contributed by atoms with Gasteiger partial charge in [0.15, 0.2) is 11.5 Å². The van der Waals surface area contributed by atoms with E-state index >= 15 is 0 Å². The molecule has 1 aromatic heterocycles. The van der Waals surface area contributed by atoms with Gasteiger partial charge in [0.1, 0.15) is 0 Å². The summed E-state index contributed by atoms with van der Waals surface area (Å²) in [5.41, 5.74) is 2.25. The third-order valence-corrected chi connectivity index (χ3v) is 2.59. The summed E-state index contributed by atoms with van der Waals surface area (Å²) in [5.74, 6) is 0.153. The Hall–Kier alpha value is -1.97. The van der Waals surface area contributed by atoms with Crippen LogP contribution in [-0.2, 0) is 0 Å². The summed E-state index contributed by atoms with van der Waals surface area (Å²) in [7, 11) is 0. The molecule has 0 atom stereocenters. The number of carbonyl (C=O) groups is 1. The largest absolute Gasteiger partial charge is 0.293 e. The highest BCUT2D eigenvalue weighted by atomic mass is 16.1. The normalized spacial score (nSPS) is 10.8. The van der Waals surface area contributed by atoms with E-state index in [2.05, 4.69) is 10.3 Å². The van der Waals surface area contributed by atoms with Crippen molar-refractivity contribution >= 4 is 5.78 Å². The minimum absolute atomic E-state index is 0.0455. The van der Waals surface area contributed by atoms with Gasteiger partial charge in [-0.3, -0.25) is 4.79 Å². The lowest BCUT2D eigenvalue weighted by Gasteiger charge is -2.09. The van der Waals surface area contributed by atoms with Crippen molar-refractivity contribution in [2.45, 2.75) is 26.7 Å². The van der Waals surface area contributed by atoms with Gasteiger partial charge in [0.2, 0.25) is 0 Å². The zero-order valence-corrected chi connectivity index (χ0v) is 10.2. The molecule has 0 aliphatic heterocycles. The molecule has 2 aromatic rings. The summed E-state index contributed by atoms with van der Waals surface area (Å²) in [6, 6.07) is 9.72. The molecule has 17 heavy (non-hydrogen) atoms. The van der Waals surface area contributed by atoms with Gasteiger partial charge in [-0.05, 0) is 18.1 Å². The van der Waals surface area contributed by atoms with Crippen LogP contribution in [0.5, 0.6) is 0 Å². The van der Waals surface area contributed by atoms with Crippen molar-refractivity contribution in [3.05, 3.63) is 41.7 Å². The van der Waals surface area contributed by atoms with E-state index in [0.717, 1.165) is 11.4 Å². The Morgan fingerprint density at radius 3 is 2.41 bits per heavy atom. The molecule has 0 unspecified atom stereocenters. The fourth-order valence-corrected chi connectivity index (χ4v) is 1.82. The smallest absolute Gasteiger partial charge is 0.181 e. The number of carbonyl (C=O) groups excluding carboxylic acids is 1. The van der Waals surface area contributed by atoms with Gasteiger partial charge in [-0.15, -0.1) is 5.10 Å². The molecule has 1 heterocycles. The van der Waals surface area contributed by atoms with E-state index in [-0.39, 0.29) is 11.7 Å². The molecular formula is C13H15N3O. The van der Waals surface area contributed by atoms with Gasteiger partial charge in [0, 0.05) is 6.92 Å². The quantitative estimate of drug-likeness (QED) is 0.760. The average molecular weight is 229 g/mol. The van der Waals surface area contributed by atoms with Crippen LogP contribution in [0.1, 0.15) is 42.9 Å². The Morgan fingerprint density at radius 1 is 1.24 bits per heavy atom.